The molecule has 2 amide bonds. The van der Waals surface area contributed by atoms with Gasteiger partial charge in [0, 0.05) is 42.8 Å². The first-order chi connectivity index (χ1) is 15.2. The molecule has 168 valence electrons. The smallest absolute Gasteiger partial charge is 0.267 e. The summed E-state index contributed by atoms with van der Waals surface area (Å²) in [7, 11) is 0. The molecule has 0 unspecified atom stereocenters. The second kappa shape index (κ2) is 8.25. The first-order valence-corrected chi connectivity index (χ1v) is 10.4. The Labute approximate surface area is 184 Å². The molecule has 2 aromatic rings. The second-order valence-electron chi connectivity index (χ2n) is 8.71. The van der Waals surface area contributed by atoms with E-state index >= 15 is 0 Å². The molecular weight excluding hydrogens is 418 g/mol. The highest BCUT2D eigenvalue weighted by atomic mass is 19.1. The number of hydrazone groups is 1. The highest BCUT2D eigenvalue weighted by Crippen LogP contribution is 2.38. The third kappa shape index (κ3) is 4.17. The van der Waals surface area contributed by atoms with Crippen LogP contribution in [0.4, 0.5) is 14.6 Å². The van der Waals surface area contributed by atoms with Gasteiger partial charge in [-0.05, 0) is 44.4 Å². The minimum absolute atomic E-state index is 0.126. The number of anilines is 1. The van der Waals surface area contributed by atoms with Crippen molar-refractivity contribution >= 4 is 23.8 Å². The quantitative estimate of drug-likeness (QED) is 0.784. The lowest BCUT2D eigenvalue weighted by atomic mass is 9.81. The van der Waals surface area contributed by atoms with Crippen LogP contribution in [0.1, 0.15) is 55.2 Å². The number of hydrogen-bond acceptors (Lipinski definition) is 6. The fraction of sp³-hybridized carbons (Fsp3) is 0.409. The van der Waals surface area contributed by atoms with Crippen LogP contribution in [-0.2, 0) is 4.79 Å². The minimum Gasteiger partial charge on any atom is -0.364 e. The van der Waals surface area contributed by atoms with Gasteiger partial charge in [-0.1, -0.05) is 0 Å². The third-order valence-corrected chi connectivity index (χ3v) is 6.03. The topological polar surface area (TPSA) is 105 Å². The molecule has 32 heavy (non-hydrogen) atoms. The molecule has 0 radical (unpaired) electrons. The molecule has 2 aliphatic heterocycles. The van der Waals surface area contributed by atoms with Crippen molar-refractivity contribution in [2.45, 2.75) is 44.7 Å². The number of piperidine rings is 1. The summed E-state index contributed by atoms with van der Waals surface area (Å²) in [5.41, 5.74) is 5.39. The van der Waals surface area contributed by atoms with Crippen LogP contribution >= 0.6 is 0 Å². The zero-order chi connectivity index (χ0) is 23.0. The average molecular weight is 442 g/mol. The van der Waals surface area contributed by atoms with E-state index < -0.39 is 29.1 Å². The summed E-state index contributed by atoms with van der Waals surface area (Å²) in [6.45, 7) is 4.51. The summed E-state index contributed by atoms with van der Waals surface area (Å²) in [5, 5.41) is 5.56. The molecule has 1 saturated heterocycles. The highest BCUT2D eigenvalue weighted by Gasteiger charge is 2.42. The largest absolute Gasteiger partial charge is 0.364 e. The predicted molar refractivity (Wildman–Crippen MR) is 114 cm³/mol. The predicted octanol–water partition coefficient (Wildman–Crippen LogP) is 2.81. The van der Waals surface area contributed by atoms with Gasteiger partial charge in [-0.25, -0.2) is 23.8 Å². The fourth-order valence-corrected chi connectivity index (χ4v) is 4.53. The van der Waals surface area contributed by atoms with Crippen molar-refractivity contribution in [3.05, 3.63) is 53.5 Å². The van der Waals surface area contributed by atoms with E-state index in [1.165, 1.54) is 23.5 Å². The maximum Gasteiger partial charge on any atom is 0.267 e. The molecular formula is C22H24F2N6O2. The molecule has 4 rings (SSSR count). The van der Waals surface area contributed by atoms with Crippen LogP contribution in [0.25, 0.3) is 0 Å². The molecule has 2 N–H and O–H groups in total. The third-order valence-electron chi connectivity index (χ3n) is 6.03. The van der Waals surface area contributed by atoms with E-state index in [0.717, 1.165) is 6.07 Å². The summed E-state index contributed by atoms with van der Waals surface area (Å²) >= 11 is 0. The van der Waals surface area contributed by atoms with Crippen molar-refractivity contribution in [3.8, 4) is 0 Å². The van der Waals surface area contributed by atoms with E-state index in [1.807, 2.05) is 18.7 Å². The monoisotopic (exact) mass is 442 g/mol. The van der Waals surface area contributed by atoms with E-state index in [2.05, 4.69) is 15.1 Å². The van der Waals surface area contributed by atoms with Crippen molar-refractivity contribution in [2.24, 2.45) is 16.8 Å². The van der Waals surface area contributed by atoms with Crippen molar-refractivity contribution < 1.29 is 18.4 Å². The van der Waals surface area contributed by atoms with Gasteiger partial charge < -0.3 is 10.6 Å². The maximum atomic E-state index is 13.7. The molecule has 2 aliphatic rings. The first kappa shape index (κ1) is 21.8. The van der Waals surface area contributed by atoms with Crippen LogP contribution in [0.3, 0.4) is 0 Å². The number of benzene rings is 1. The van der Waals surface area contributed by atoms with Crippen LogP contribution in [0.2, 0.25) is 0 Å². The minimum atomic E-state index is -0.686. The van der Waals surface area contributed by atoms with E-state index in [1.54, 1.807) is 12.3 Å². The van der Waals surface area contributed by atoms with Crippen LogP contribution in [-0.4, -0.2) is 45.1 Å². The Balaban J connectivity index is 1.52. The zero-order valence-electron chi connectivity index (χ0n) is 17.8. The van der Waals surface area contributed by atoms with Gasteiger partial charge in [0.2, 0.25) is 5.91 Å². The lowest BCUT2D eigenvalue weighted by Gasteiger charge is -2.46. The van der Waals surface area contributed by atoms with E-state index in [9.17, 15) is 18.4 Å². The number of amides is 2. The van der Waals surface area contributed by atoms with Crippen molar-refractivity contribution in [2.75, 3.05) is 11.4 Å². The molecule has 1 aromatic heterocycles. The van der Waals surface area contributed by atoms with Gasteiger partial charge in [-0.3, -0.25) is 9.59 Å². The molecule has 0 aliphatic carbocycles. The molecule has 0 bridgehead atoms. The molecule has 3 heterocycles. The number of primary amides is 1. The molecule has 10 heteroatoms. The SMILES string of the molecule is CC1(C)C[C@H](C(=O)N2N=CC[C@@H]2c2cc(F)cc(F)c2)CCN1c1cc(C(N)=O)ncn1. The molecule has 1 aromatic carbocycles. The Morgan fingerprint density at radius 2 is 1.84 bits per heavy atom. The van der Waals surface area contributed by atoms with Crippen LogP contribution < -0.4 is 10.6 Å². The Morgan fingerprint density at radius 3 is 2.50 bits per heavy atom. The second-order valence-corrected chi connectivity index (χ2v) is 8.71. The summed E-state index contributed by atoms with van der Waals surface area (Å²) in [5.74, 6) is -1.94. The van der Waals surface area contributed by atoms with E-state index in [0.29, 0.717) is 37.2 Å². The standard InChI is InChI=1S/C22H24F2N6O2/c1-22(2)11-13(4-6-29(22)19-10-17(20(25)31)26-12-27-19)21(32)30-18(3-5-28-30)14-7-15(23)9-16(24)8-14/h5,7-10,12-13,18H,3-4,6,11H2,1-2H3,(H2,25,31)/t13-,18-/m1/s1. The van der Waals surface area contributed by atoms with Gasteiger partial charge in [0.15, 0.2) is 0 Å². The molecule has 2 atom stereocenters. The number of carbonyl (C=O) groups excluding carboxylic acids is 2. The van der Waals surface area contributed by atoms with Crippen LogP contribution in [0.5, 0.6) is 0 Å². The molecule has 0 saturated carbocycles. The molecule has 0 spiro atoms. The number of nitrogens with zero attached hydrogens (tertiary/aromatic N) is 5. The number of carbonyl (C=O) groups is 2. The number of aromatic nitrogens is 2. The summed E-state index contributed by atoms with van der Waals surface area (Å²) in [6.07, 6.45) is 4.34. The average Bonchev–Trinajstić information content (AvgIpc) is 3.21. The number of halogens is 2. The van der Waals surface area contributed by atoms with Crippen molar-refractivity contribution in [1.82, 2.24) is 15.0 Å². The number of hydrogen-bond donors (Lipinski definition) is 1. The van der Waals surface area contributed by atoms with Gasteiger partial charge in [0.1, 0.15) is 29.5 Å². The Morgan fingerprint density at radius 1 is 1.12 bits per heavy atom. The van der Waals surface area contributed by atoms with Gasteiger partial charge in [-0.2, -0.15) is 5.10 Å². The lowest BCUT2D eigenvalue weighted by Crippen LogP contribution is -2.53. The first-order valence-electron chi connectivity index (χ1n) is 10.4. The van der Waals surface area contributed by atoms with Gasteiger partial charge in [-0.15, -0.1) is 0 Å². The van der Waals surface area contributed by atoms with Gasteiger partial charge >= 0.3 is 0 Å². The fourth-order valence-electron chi connectivity index (χ4n) is 4.53. The van der Waals surface area contributed by atoms with E-state index in [4.69, 9.17) is 5.73 Å². The Hall–Kier alpha value is -3.43. The lowest BCUT2D eigenvalue weighted by molar-refractivity contribution is -0.138. The van der Waals surface area contributed by atoms with Crippen LogP contribution in [0, 0.1) is 17.6 Å². The molecule has 1 fully saturated rings. The van der Waals surface area contributed by atoms with Crippen LogP contribution in [0.15, 0.2) is 35.7 Å². The van der Waals surface area contributed by atoms with Gasteiger partial charge in [0.05, 0.1) is 6.04 Å². The summed E-state index contributed by atoms with van der Waals surface area (Å²) in [6, 6.07) is 4.29. The normalized spacial score (nSPS) is 22.2. The Kier molecular flexibility index (Phi) is 5.62. The Bertz CT molecular complexity index is 1070. The van der Waals surface area contributed by atoms with Crippen molar-refractivity contribution in [3.63, 3.8) is 0 Å². The summed E-state index contributed by atoms with van der Waals surface area (Å²) in [4.78, 5) is 35.0. The summed E-state index contributed by atoms with van der Waals surface area (Å²) < 4.78 is 27.4. The van der Waals surface area contributed by atoms with E-state index in [-0.39, 0.29) is 17.5 Å². The number of rotatable bonds is 4. The molecule has 8 nitrogen and oxygen atoms in total. The van der Waals surface area contributed by atoms with Gasteiger partial charge in [0.25, 0.3) is 5.91 Å². The number of nitrogens with two attached hydrogens (primary N) is 1. The highest BCUT2D eigenvalue weighted by molar-refractivity contribution is 5.91. The van der Waals surface area contributed by atoms with Crippen molar-refractivity contribution in [1.29, 1.82) is 0 Å². The zero-order valence-corrected chi connectivity index (χ0v) is 17.8. The maximum absolute atomic E-state index is 13.7.